The zero-order chi connectivity index (χ0) is 15.6. The van der Waals surface area contributed by atoms with Crippen molar-refractivity contribution in [1.82, 2.24) is 0 Å². The first-order valence-electron chi connectivity index (χ1n) is 9.03. The second kappa shape index (κ2) is 9.78. The van der Waals surface area contributed by atoms with E-state index >= 15 is 0 Å². The molecule has 0 saturated carbocycles. The lowest BCUT2D eigenvalue weighted by Crippen LogP contribution is -2.64. The fourth-order valence-electron chi connectivity index (χ4n) is 4.08. The molecule has 0 aliphatic heterocycles. The van der Waals surface area contributed by atoms with E-state index in [1.807, 2.05) is 0 Å². The summed E-state index contributed by atoms with van der Waals surface area (Å²) in [5.41, 5.74) is 12.6. The molecule has 0 aromatic heterocycles. The summed E-state index contributed by atoms with van der Waals surface area (Å²) in [6.07, 6.45) is 12.3. The number of unbranched alkanes of at least 4 members (excludes halogenated alkanes) is 4. The van der Waals surface area contributed by atoms with Crippen molar-refractivity contribution in [3.05, 3.63) is 0 Å². The van der Waals surface area contributed by atoms with E-state index in [-0.39, 0.29) is 5.41 Å². The fraction of sp³-hybridized carbons (Fsp3) is 1.00. The summed E-state index contributed by atoms with van der Waals surface area (Å²) >= 11 is 0. The molecule has 0 aliphatic carbocycles. The molecule has 2 nitrogen and oxygen atoms in total. The first-order valence-corrected chi connectivity index (χ1v) is 9.03. The van der Waals surface area contributed by atoms with Gasteiger partial charge in [0, 0.05) is 5.41 Å². The minimum atomic E-state index is -0.527. The lowest BCUT2D eigenvalue weighted by molar-refractivity contribution is 0.0225. The second-order valence-electron chi connectivity index (χ2n) is 6.57. The molecule has 1 atom stereocenters. The SMILES string of the molecule is CCCCCCCC(CC)C(CC)(CC)C(N)(N)CC. The molecule has 0 aliphatic rings. The van der Waals surface area contributed by atoms with Gasteiger partial charge in [0.1, 0.15) is 0 Å². The summed E-state index contributed by atoms with van der Waals surface area (Å²) < 4.78 is 0. The molecule has 0 amide bonds. The van der Waals surface area contributed by atoms with Crippen LogP contribution >= 0.6 is 0 Å². The van der Waals surface area contributed by atoms with Gasteiger partial charge in [-0.2, -0.15) is 0 Å². The van der Waals surface area contributed by atoms with Crippen molar-refractivity contribution in [2.24, 2.45) is 22.8 Å². The van der Waals surface area contributed by atoms with E-state index in [4.69, 9.17) is 11.5 Å². The fourth-order valence-corrected chi connectivity index (χ4v) is 4.08. The summed E-state index contributed by atoms with van der Waals surface area (Å²) in [6.45, 7) is 11.3. The van der Waals surface area contributed by atoms with Crippen LogP contribution in [-0.4, -0.2) is 5.66 Å². The van der Waals surface area contributed by atoms with E-state index in [0.29, 0.717) is 5.92 Å². The van der Waals surface area contributed by atoms with Crippen molar-refractivity contribution in [3.63, 3.8) is 0 Å². The van der Waals surface area contributed by atoms with Gasteiger partial charge in [0.25, 0.3) is 0 Å². The Morgan fingerprint density at radius 3 is 1.70 bits per heavy atom. The van der Waals surface area contributed by atoms with E-state index in [9.17, 15) is 0 Å². The molecule has 0 aromatic carbocycles. The van der Waals surface area contributed by atoms with Gasteiger partial charge in [-0.25, -0.2) is 0 Å². The molecular formula is C18H40N2. The summed E-state index contributed by atoms with van der Waals surface area (Å²) in [4.78, 5) is 0. The standard InChI is InChI=1S/C18H40N2/c1-6-11-12-13-14-15-16(7-2)17(8-3,9-4)18(19,20)10-5/h16H,6-15,19-20H2,1-5H3. The molecule has 0 spiro atoms. The van der Waals surface area contributed by atoms with Crippen LogP contribution in [0.5, 0.6) is 0 Å². The maximum atomic E-state index is 6.52. The first kappa shape index (κ1) is 19.9. The highest BCUT2D eigenvalue weighted by Crippen LogP contribution is 2.46. The number of nitrogens with two attached hydrogens (primary N) is 2. The van der Waals surface area contributed by atoms with Crippen LogP contribution in [0.15, 0.2) is 0 Å². The van der Waals surface area contributed by atoms with Gasteiger partial charge >= 0.3 is 0 Å². The van der Waals surface area contributed by atoms with Crippen LogP contribution in [-0.2, 0) is 0 Å². The molecule has 0 saturated heterocycles. The minimum Gasteiger partial charge on any atom is -0.313 e. The number of rotatable bonds is 12. The Bertz CT molecular complexity index is 232. The molecule has 122 valence electrons. The zero-order valence-corrected chi connectivity index (χ0v) is 14.8. The summed E-state index contributed by atoms with van der Waals surface area (Å²) in [5, 5.41) is 0. The third-order valence-electron chi connectivity index (χ3n) is 5.70. The predicted octanol–water partition coefficient (Wildman–Crippen LogP) is 5.20. The van der Waals surface area contributed by atoms with E-state index in [2.05, 4.69) is 34.6 Å². The van der Waals surface area contributed by atoms with Crippen molar-refractivity contribution >= 4 is 0 Å². The highest BCUT2D eigenvalue weighted by Gasteiger charge is 2.46. The Labute approximate surface area is 128 Å². The van der Waals surface area contributed by atoms with E-state index in [1.54, 1.807) is 0 Å². The molecule has 2 heteroatoms. The van der Waals surface area contributed by atoms with Gasteiger partial charge in [0.05, 0.1) is 5.66 Å². The molecule has 0 radical (unpaired) electrons. The van der Waals surface area contributed by atoms with Crippen LogP contribution in [0.1, 0.15) is 98.8 Å². The maximum absolute atomic E-state index is 6.52. The predicted molar refractivity (Wildman–Crippen MR) is 91.6 cm³/mol. The summed E-state index contributed by atoms with van der Waals surface area (Å²) in [5.74, 6) is 0.661. The highest BCUT2D eigenvalue weighted by atomic mass is 15.0. The van der Waals surface area contributed by atoms with Crippen LogP contribution in [0, 0.1) is 11.3 Å². The smallest absolute Gasteiger partial charge is 0.0694 e. The lowest BCUT2D eigenvalue weighted by atomic mass is 9.60. The maximum Gasteiger partial charge on any atom is 0.0694 e. The Kier molecular flexibility index (Phi) is 9.74. The van der Waals surface area contributed by atoms with Gasteiger partial charge in [0.15, 0.2) is 0 Å². The third-order valence-corrected chi connectivity index (χ3v) is 5.70. The number of hydrogen-bond acceptors (Lipinski definition) is 2. The van der Waals surface area contributed by atoms with Gasteiger partial charge in [0.2, 0.25) is 0 Å². The van der Waals surface area contributed by atoms with E-state index in [1.165, 1.54) is 44.9 Å². The normalized spacial score (nSPS) is 14.6. The molecule has 0 fully saturated rings. The van der Waals surface area contributed by atoms with Crippen molar-refractivity contribution in [1.29, 1.82) is 0 Å². The molecule has 1 unspecified atom stereocenters. The van der Waals surface area contributed by atoms with Crippen LogP contribution in [0.4, 0.5) is 0 Å². The molecule has 0 bridgehead atoms. The van der Waals surface area contributed by atoms with E-state index < -0.39 is 5.66 Å². The monoisotopic (exact) mass is 284 g/mol. The van der Waals surface area contributed by atoms with Crippen LogP contribution in [0.2, 0.25) is 0 Å². The van der Waals surface area contributed by atoms with Crippen molar-refractivity contribution in [3.8, 4) is 0 Å². The Balaban J connectivity index is 4.76. The molecule has 0 rings (SSSR count). The van der Waals surface area contributed by atoms with Crippen LogP contribution < -0.4 is 11.5 Å². The number of hydrogen-bond donors (Lipinski definition) is 2. The first-order chi connectivity index (χ1) is 9.45. The molecule has 0 aromatic rings. The Hall–Kier alpha value is -0.0800. The van der Waals surface area contributed by atoms with Gasteiger partial charge in [-0.15, -0.1) is 0 Å². The average Bonchev–Trinajstić information content (AvgIpc) is 2.46. The molecular weight excluding hydrogens is 244 g/mol. The Morgan fingerprint density at radius 1 is 0.750 bits per heavy atom. The average molecular weight is 285 g/mol. The van der Waals surface area contributed by atoms with Gasteiger partial charge < -0.3 is 11.5 Å². The van der Waals surface area contributed by atoms with Crippen molar-refractivity contribution in [2.45, 2.75) is 104 Å². The molecule has 4 N–H and O–H groups in total. The Morgan fingerprint density at radius 2 is 1.30 bits per heavy atom. The van der Waals surface area contributed by atoms with Gasteiger partial charge in [-0.05, 0) is 31.6 Å². The quantitative estimate of drug-likeness (QED) is 0.382. The summed E-state index contributed by atoms with van der Waals surface area (Å²) in [6, 6.07) is 0. The van der Waals surface area contributed by atoms with Crippen molar-refractivity contribution in [2.75, 3.05) is 0 Å². The molecule has 20 heavy (non-hydrogen) atoms. The topological polar surface area (TPSA) is 52.0 Å². The largest absolute Gasteiger partial charge is 0.313 e. The summed E-state index contributed by atoms with van der Waals surface area (Å²) in [7, 11) is 0. The third kappa shape index (κ3) is 4.73. The second-order valence-corrected chi connectivity index (χ2v) is 6.57. The van der Waals surface area contributed by atoms with Gasteiger partial charge in [-0.1, -0.05) is 73.1 Å². The van der Waals surface area contributed by atoms with Crippen LogP contribution in [0.3, 0.4) is 0 Å². The minimum absolute atomic E-state index is 0.0985. The van der Waals surface area contributed by atoms with E-state index in [0.717, 1.165) is 19.3 Å². The lowest BCUT2D eigenvalue weighted by Gasteiger charge is -2.50. The zero-order valence-electron chi connectivity index (χ0n) is 14.8. The van der Waals surface area contributed by atoms with Gasteiger partial charge in [-0.3, -0.25) is 0 Å². The van der Waals surface area contributed by atoms with Crippen LogP contribution in [0.25, 0.3) is 0 Å². The molecule has 0 heterocycles. The highest BCUT2D eigenvalue weighted by molar-refractivity contribution is 5.00. The van der Waals surface area contributed by atoms with Crippen molar-refractivity contribution < 1.29 is 0 Å².